The van der Waals surface area contributed by atoms with E-state index in [0.717, 1.165) is 12.1 Å². The third-order valence-corrected chi connectivity index (χ3v) is 3.71. The number of imide groups is 1. The zero-order valence-corrected chi connectivity index (χ0v) is 11.2. The summed E-state index contributed by atoms with van der Waals surface area (Å²) in [5.41, 5.74) is 0. The molecule has 1 aliphatic rings. The van der Waals surface area contributed by atoms with Gasteiger partial charge in [-0.05, 0) is 18.6 Å². The van der Waals surface area contributed by atoms with Crippen LogP contribution in [0.25, 0.3) is 0 Å². The molecule has 0 aliphatic carbocycles. The zero-order valence-electron chi connectivity index (χ0n) is 10.3. The molecule has 108 valence electrons. The molecule has 2 rings (SSSR count). The fourth-order valence-corrected chi connectivity index (χ4v) is 2.31. The molecule has 1 aromatic rings. The van der Waals surface area contributed by atoms with Gasteiger partial charge >= 0.3 is 10.2 Å². The first kappa shape index (κ1) is 14.4. The van der Waals surface area contributed by atoms with Crippen LogP contribution in [0.4, 0.5) is 3.89 Å². The molecule has 1 heterocycles. The van der Waals surface area contributed by atoms with Crippen LogP contribution in [0.2, 0.25) is 0 Å². The zero-order chi connectivity index (χ0) is 14.8. The number of piperidine rings is 1. The summed E-state index contributed by atoms with van der Waals surface area (Å²) in [6.45, 7) is -0.00506. The van der Waals surface area contributed by atoms with E-state index in [-0.39, 0.29) is 24.7 Å². The van der Waals surface area contributed by atoms with Crippen LogP contribution in [-0.2, 0) is 19.8 Å². The van der Waals surface area contributed by atoms with Crippen LogP contribution in [0, 0.1) is 5.92 Å². The van der Waals surface area contributed by atoms with Crippen molar-refractivity contribution in [1.29, 1.82) is 0 Å². The maximum absolute atomic E-state index is 12.8. The number of rotatable bonds is 4. The summed E-state index contributed by atoms with van der Waals surface area (Å²) < 4.78 is 39.6. The highest BCUT2D eigenvalue weighted by Crippen LogP contribution is 2.21. The largest absolute Gasteiger partial charge is 0.493 e. The van der Waals surface area contributed by atoms with Gasteiger partial charge in [0.2, 0.25) is 11.8 Å². The van der Waals surface area contributed by atoms with Crippen molar-refractivity contribution in [1.82, 2.24) is 5.32 Å². The van der Waals surface area contributed by atoms with Gasteiger partial charge in [0.1, 0.15) is 10.6 Å². The number of carbonyl (C=O) groups excluding carboxylic acids is 2. The molecule has 1 fully saturated rings. The third-order valence-electron chi connectivity index (χ3n) is 2.89. The first-order valence-corrected chi connectivity index (χ1v) is 7.26. The molecule has 0 saturated carbocycles. The summed E-state index contributed by atoms with van der Waals surface area (Å²) in [5, 5.41) is 2.19. The number of amides is 2. The van der Waals surface area contributed by atoms with Gasteiger partial charge in [-0.2, -0.15) is 8.42 Å². The Hall–Kier alpha value is -1.96. The average molecular weight is 301 g/mol. The number of hydrogen-bond acceptors (Lipinski definition) is 5. The fourth-order valence-electron chi connectivity index (χ4n) is 1.81. The van der Waals surface area contributed by atoms with E-state index in [0.29, 0.717) is 6.42 Å². The van der Waals surface area contributed by atoms with Gasteiger partial charge in [0, 0.05) is 12.5 Å². The molecule has 0 aromatic heterocycles. The first-order valence-electron chi connectivity index (χ1n) is 5.87. The van der Waals surface area contributed by atoms with Gasteiger partial charge in [0.15, 0.2) is 0 Å². The second-order valence-electron chi connectivity index (χ2n) is 4.37. The molecule has 0 spiro atoms. The molecule has 0 bridgehead atoms. The van der Waals surface area contributed by atoms with E-state index in [1.165, 1.54) is 12.1 Å². The summed E-state index contributed by atoms with van der Waals surface area (Å²) in [6, 6.07) is 4.95. The number of hydrogen-bond donors (Lipinski definition) is 1. The Morgan fingerprint density at radius 3 is 2.75 bits per heavy atom. The molecule has 2 amide bonds. The monoisotopic (exact) mass is 301 g/mol. The minimum atomic E-state index is -4.79. The second kappa shape index (κ2) is 5.58. The molecular formula is C12H12FNO5S. The van der Waals surface area contributed by atoms with Crippen molar-refractivity contribution in [2.24, 2.45) is 5.92 Å². The number of carbonyl (C=O) groups is 2. The van der Waals surface area contributed by atoms with Crippen molar-refractivity contribution >= 4 is 22.0 Å². The van der Waals surface area contributed by atoms with Crippen molar-refractivity contribution in [2.75, 3.05) is 6.61 Å². The van der Waals surface area contributed by atoms with E-state index >= 15 is 0 Å². The molecule has 0 radical (unpaired) electrons. The van der Waals surface area contributed by atoms with Crippen molar-refractivity contribution in [3.8, 4) is 5.75 Å². The Bertz CT molecular complexity index is 643. The van der Waals surface area contributed by atoms with E-state index in [2.05, 4.69) is 5.32 Å². The van der Waals surface area contributed by atoms with E-state index in [4.69, 9.17) is 4.74 Å². The predicted molar refractivity (Wildman–Crippen MR) is 66.1 cm³/mol. The number of halogens is 1. The van der Waals surface area contributed by atoms with E-state index in [1.54, 1.807) is 0 Å². The average Bonchev–Trinajstić information content (AvgIpc) is 2.37. The van der Waals surface area contributed by atoms with Crippen molar-refractivity contribution in [2.45, 2.75) is 17.7 Å². The molecule has 1 aliphatic heterocycles. The van der Waals surface area contributed by atoms with Crippen LogP contribution in [-0.4, -0.2) is 26.8 Å². The molecule has 1 aromatic carbocycles. The molecular weight excluding hydrogens is 289 g/mol. The van der Waals surface area contributed by atoms with Crippen molar-refractivity contribution in [3.05, 3.63) is 24.3 Å². The Morgan fingerprint density at radius 2 is 2.10 bits per heavy atom. The van der Waals surface area contributed by atoms with Crippen LogP contribution in [0.5, 0.6) is 5.75 Å². The van der Waals surface area contributed by atoms with E-state index in [9.17, 15) is 21.9 Å². The highest BCUT2D eigenvalue weighted by Gasteiger charge is 2.27. The summed E-state index contributed by atoms with van der Waals surface area (Å²) in [6.07, 6.45) is 0.602. The smallest absolute Gasteiger partial charge is 0.332 e. The standard InChI is InChI=1S/C12H12FNO5S/c13-20(17,18)10-3-1-2-9(6-10)19-7-8-4-5-11(15)14-12(8)16/h1-3,6,8H,4-5,7H2,(H,14,15,16). The normalized spacial score (nSPS) is 19.6. The Kier molecular flexibility index (Phi) is 4.03. The van der Waals surface area contributed by atoms with Gasteiger partial charge in [0.05, 0.1) is 12.5 Å². The Morgan fingerprint density at radius 1 is 1.35 bits per heavy atom. The van der Waals surface area contributed by atoms with Crippen LogP contribution < -0.4 is 10.1 Å². The third kappa shape index (κ3) is 3.53. The maximum Gasteiger partial charge on any atom is 0.332 e. The lowest BCUT2D eigenvalue weighted by atomic mass is 9.99. The summed E-state index contributed by atoms with van der Waals surface area (Å²) in [5.74, 6) is -1.08. The molecule has 8 heteroatoms. The molecule has 1 saturated heterocycles. The van der Waals surface area contributed by atoms with Crippen LogP contribution >= 0.6 is 0 Å². The van der Waals surface area contributed by atoms with Crippen LogP contribution in [0.15, 0.2) is 29.2 Å². The van der Waals surface area contributed by atoms with Gasteiger partial charge in [0.25, 0.3) is 0 Å². The fraction of sp³-hybridized carbons (Fsp3) is 0.333. The quantitative estimate of drug-likeness (QED) is 0.655. The molecule has 6 nitrogen and oxygen atoms in total. The van der Waals surface area contributed by atoms with Crippen molar-refractivity contribution < 1.29 is 26.6 Å². The maximum atomic E-state index is 12.8. The van der Waals surface area contributed by atoms with E-state index in [1.807, 2.05) is 0 Å². The highest BCUT2D eigenvalue weighted by atomic mass is 32.3. The minimum absolute atomic E-state index is 0.00506. The van der Waals surface area contributed by atoms with Crippen LogP contribution in [0.3, 0.4) is 0 Å². The lowest BCUT2D eigenvalue weighted by molar-refractivity contribution is -0.137. The van der Waals surface area contributed by atoms with Gasteiger partial charge in [-0.15, -0.1) is 3.89 Å². The number of ether oxygens (including phenoxy) is 1. The lowest BCUT2D eigenvalue weighted by Crippen LogP contribution is -2.42. The number of nitrogens with one attached hydrogen (secondary N) is 1. The SMILES string of the molecule is O=C1CCC(COc2cccc(S(=O)(=O)F)c2)C(=O)N1. The van der Waals surface area contributed by atoms with Gasteiger partial charge in [-0.3, -0.25) is 14.9 Å². The highest BCUT2D eigenvalue weighted by molar-refractivity contribution is 7.86. The minimum Gasteiger partial charge on any atom is -0.493 e. The molecule has 1 unspecified atom stereocenters. The van der Waals surface area contributed by atoms with Gasteiger partial charge in [-0.25, -0.2) is 0 Å². The summed E-state index contributed by atoms with van der Waals surface area (Å²) in [4.78, 5) is 21.9. The predicted octanol–water partition coefficient (Wildman–Crippen LogP) is 0.776. The van der Waals surface area contributed by atoms with Crippen LogP contribution in [0.1, 0.15) is 12.8 Å². The van der Waals surface area contributed by atoms with Gasteiger partial charge in [-0.1, -0.05) is 6.07 Å². The second-order valence-corrected chi connectivity index (χ2v) is 5.72. The molecule has 20 heavy (non-hydrogen) atoms. The summed E-state index contributed by atoms with van der Waals surface area (Å²) >= 11 is 0. The summed E-state index contributed by atoms with van der Waals surface area (Å²) in [7, 11) is -4.79. The Labute approximate surface area is 115 Å². The number of benzene rings is 1. The molecule has 1 N–H and O–H groups in total. The van der Waals surface area contributed by atoms with Gasteiger partial charge < -0.3 is 4.74 Å². The molecule has 1 atom stereocenters. The van der Waals surface area contributed by atoms with Crippen molar-refractivity contribution in [3.63, 3.8) is 0 Å². The first-order chi connectivity index (χ1) is 9.36. The Balaban J connectivity index is 2.01. The topological polar surface area (TPSA) is 89.5 Å². The van der Waals surface area contributed by atoms with E-state index < -0.39 is 26.9 Å². The lowest BCUT2D eigenvalue weighted by Gasteiger charge is -2.20.